The molecule has 2 aromatic heterocycles. The lowest BCUT2D eigenvalue weighted by Gasteiger charge is -2.35. The number of ether oxygens (including phenoxy) is 1. The molecule has 0 spiro atoms. The average Bonchev–Trinajstić information content (AvgIpc) is 3.15. The highest BCUT2D eigenvalue weighted by Crippen LogP contribution is 2.24. The first-order valence-corrected chi connectivity index (χ1v) is 11.0. The second-order valence-corrected chi connectivity index (χ2v) is 8.69. The minimum Gasteiger partial charge on any atom is -0.372 e. The maximum Gasteiger partial charge on any atom is 0.267 e. The predicted octanol–water partition coefficient (Wildman–Crippen LogP) is 3.18. The highest BCUT2D eigenvalue weighted by molar-refractivity contribution is 7.99. The lowest BCUT2D eigenvalue weighted by atomic mass is 10.2. The Bertz CT molecular complexity index is 1040. The summed E-state index contributed by atoms with van der Waals surface area (Å²) in [5.74, 6) is 0.266. The van der Waals surface area contributed by atoms with Crippen LogP contribution in [-0.2, 0) is 9.53 Å². The molecule has 2 atom stereocenters. The van der Waals surface area contributed by atoms with E-state index in [2.05, 4.69) is 4.98 Å². The average molecular weight is 416 g/mol. The zero-order valence-corrected chi connectivity index (χ0v) is 17.3. The van der Waals surface area contributed by atoms with Gasteiger partial charge in [-0.25, -0.2) is 4.98 Å². The highest BCUT2D eigenvalue weighted by Gasteiger charge is 2.26. The lowest BCUT2D eigenvalue weighted by molar-refractivity contribution is -0.140. The molecule has 1 saturated heterocycles. The van der Waals surface area contributed by atoms with E-state index in [0.29, 0.717) is 28.5 Å². The van der Waals surface area contributed by atoms with E-state index in [9.17, 15) is 9.59 Å². The summed E-state index contributed by atoms with van der Waals surface area (Å²) in [5, 5.41) is 3.00. The van der Waals surface area contributed by atoms with E-state index < -0.39 is 0 Å². The second-order valence-electron chi connectivity index (χ2n) is 6.85. The molecule has 0 saturated carbocycles. The molecule has 1 aliphatic heterocycles. The Morgan fingerprint density at radius 2 is 1.93 bits per heavy atom. The molecule has 0 unspecified atom stereocenters. The van der Waals surface area contributed by atoms with Gasteiger partial charge in [-0.1, -0.05) is 30.0 Å². The van der Waals surface area contributed by atoms with Gasteiger partial charge in [0.2, 0.25) is 5.91 Å². The van der Waals surface area contributed by atoms with Crippen molar-refractivity contribution in [1.82, 2.24) is 14.5 Å². The monoisotopic (exact) mass is 415 g/mol. The first-order valence-electron chi connectivity index (χ1n) is 9.14. The van der Waals surface area contributed by atoms with Gasteiger partial charge in [0, 0.05) is 13.1 Å². The van der Waals surface area contributed by atoms with E-state index in [1.54, 1.807) is 10.6 Å². The van der Waals surface area contributed by atoms with Crippen LogP contribution in [0, 0.1) is 0 Å². The standard InChI is InChI=1S/C20H21N3O3S2/c1-13-10-22(11-14(2)26-13)17(24)12-28-20-21-18-16(8-9-27-18)19(25)23(20)15-6-4-3-5-7-15/h3-9,13-14H,10-12H2,1-2H3/t13-,14+. The largest absolute Gasteiger partial charge is 0.372 e. The Hall–Kier alpha value is -2.16. The fourth-order valence-electron chi connectivity index (χ4n) is 3.40. The van der Waals surface area contributed by atoms with E-state index in [1.165, 1.54) is 23.1 Å². The van der Waals surface area contributed by atoms with Crippen molar-refractivity contribution < 1.29 is 9.53 Å². The van der Waals surface area contributed by atoms with Crippen molar-refractivity contribution in [3.63, 3.8) is 0 Å². The van der Waals surface area contributed by atoms with Crippen molar-refractivity contribution in [3.05, 3.63) is 52.1 Å². The number of fused-ring (bicyclic) bond motifs is 1. The number of aromatic nitrogens is 2. The number of hydrogen-bond donors (Lipinski definition) is 0. The summed E-state index contributed by atoms with van der Waals surface area (Å²) in [7, 11) is 0. The molecule has 146 valence electrons. The summed E-state index contributed by atoms with van der Waals surface area (Å²) < 4.78 is 7.30. The number of carbonyl (C=O) groups excluding carboxylic acids is 1. The number of nitrogens with zero attached hydrogens (tertiary/aromatic N) is 3. The van der Waals surface area contributed by atoms with Crippen LogP contribution in [0.4, 0.5) is 0 Å². The fourth-order valence-corrected chi connectivity index (χ4v) is 5.12. The van der Waals surface area contributed by atoms with E-state index in [4.69, 9.17) is 4.74 Å². The number of amides is 1. The van der Waals surface area contributed by atoms with Gasteiger partial charge in [-0.05, 0) is 37.4 Å². The Morgan fingerprint density at radius 3 is 2.64 bits per heavy atom. The summed E-state index contributed by atoms with van der Waals surface area (Å²) in [6.07, 6.45) is 0.0570. The number of carbonyl (C=O) groups is 1. The van der Waals surface area contributed by atoms with E-state index in [-0.39, 0.29) is 29.4 Å². The number of morpholine rings is 1. The number of thioether (sulfide) groups is 1. The topological polar surface area (TPSA) is 64.4 Å². The number of hydrogen-bond acceptors (Lipinski definition) is 6. The first-order chi connectivity index (χ1) is 13.5. The van der Waals surface area contributed by atoms with Crippen molar-refractivity contribution in [2.45, 2.75) is 31.2 Å². The Kier molecular flexibility index (Phi) is 5.52. The molecule has 0 bridgehead atoms. The van der Waals surface area contributed by atoms with Crippen molar-refractivity contribution in [3.8, 4) is 5.69 Å². The van der Waals surface area contributed by atoms with Crippen molar-refractivity contribution in [2.24, 2.45) is 0 Å². The van der Waals surface area contributed by atoms with Crippen LogP contribution in [0.1, 0.15) is 13.8 Å². The molecular weight excluding hydrogens is 394 g/mol. The fraction of sp³-hybridized carbons (Fsp3) is 0.350. The van der Waals surface area contributed by atoms with Crippen molar-refractivity contribution >= 4 is 39.2 Å². The van der Waals surface area contributed by atoms with Crippen LogP contribution >= 0.6 is 23.1 Å². The zero-order valence-electron chi connectivity index (χ0n) is 15.7. The Labute approximate surface area is 171 Å². The maximum absolute atomic E-state index is 13.0. The Morgan fingerprint density at radius 1 is 1.21 bits per heavy atom. The molecule has 8 heteroatoms. The lowest BCUT2D eigenvalue weighted by Crippen LogP contribution is -2.48. The van der Waals surface area contributed by atoms with Crippen LogP contribution < -0.4 is 5.56 Å². The number of benzene rings is 1. The third-order valence-electron chi connectivity index (χ3n) is 4.58. The molecule has 1 aromatic carbocycles. The molecule has 4 rings (SSSR count). The molecular formula is C20H21N3O3S2. The predicted molar refractivity (Wildman–Crippen MR) is 113 cm³/mol. The van der Waals surface area contributed by atoms with Crippen LogP contribution in [-0.4, -0.2) is 51.4 Å². The van der Waals surface area contributed by atoms with E-state index in [1.807, 2.05) is 54.5 Å². The number of thiophene rings is 1. The number of rotatable bonds is 4. The third kappa shape index (κ3) is 3.85. The molecule has 3 aromatic rings. The van der Waals surface area contributed by atoms with Gasteiger partial charge >= 0.3 is 0 Å². The maximum atomic E-state index is 13.0. The molecule has 0 aliphatic carbocycles. The minimum atomic E-state index is -0.110. The van der Waals surface area contributed by atoms with Gasteiger partial charge in [0.1, 0.15) is 4.83 Å². The van der Waals surface area contributed by atoms with E-state index >= 15 is 0 Å². The summed E-state index contributed by atoms with van der Waals surface area (Å²) in [5.41, 5.74) is 0.637. The first kappa shape index (κ1) is 19.2. The molecule has 1 fully saturated rings. The second kappa shape index (κ2) is 8.06. The van der Waals surface area contributed by atoms with Crippen LogP contribution in [0.3, 0.4) is 0 Å². The van der Waals surface area contributed by atoms with Crippen LogP contribution in [0.15, 0.2) is 51.7 Å². The SMILES string of the molecule is C[C@@H]1CN(C(=O)CSc2nc3sccc3c(=O)n2-c2ccccc2)C[C@H](C)O1. The van der Waals surface area contributed by atoms with Gasteiger partial charge in [0.15, 0.2) is 5.16 Å². The van der Waals surface area contributed by atoms with E-state index in [0.717, 1.165) is 5.69 Å². The van der Waals surface area contributed by atoms with Gasteiger partial charge in [-0.2, -0.15) is 0 Å². The summed E-state index contributed by atoms with van der Waals surface area (Å²) in [6.45, 7) is 5.13. The molecule has 0 N–H and O–H groups in total. The number of para-hydroxylation sites is 1. The highest BCUT2D eigenvalue weighted by atomic mass is 32.2. The summed E-state index contributed by atoms with van der Waals surface area (Å²) >= 11 is 2.74. The van der Waals surface area contributed by atoms with Crippen molar-refractivity contribution in [2.75, 3.05) is 18.8 Å². The summed E-state index contributed by atoms with van der Waals surface area (Å²) in [4.78, 5) is 33.0. The van der Waals surface area contributed by atoms with Gasteiger partial charge in [0.05, 0.1) is 29.0 Å². The normalized spacial score (nSPS) is 19.9. The minimum absolute atomic E-state index is 0.0285. The quantitative estimate of drug-likeness (QED) is 0.484. The molecule has 3 heterocycles. The molecule has 0 radical (unpaired) electrons. The molecule has 28 heavy (non-hydrogen) atoms. The van der Waals surface area contributed by atoms with Crippen LogP contribution in [0.2, 0.25) is 0 Å². The molecule has 1 amide bonds. The smallest absolute Gasteiger partial charge is 0.267 e. The molecule has 6 nitrogen and oxygen atoms in total. The zero-order chi connectivity index (χ0) is 19.7. The Balaban J connectivity index is 1.63. The van der Waals surface area contributed by atoms with Gasteiger partial charge < -0.3 is 9.64 Å². The van der Waals surface area contributed by atoms with Gasteiger partial charge in [0.25, 0.3) is 5.56 Å². The third-order valence-corrected chi connectivity index (χ3v) is 6.31. The molecule has 1 aliphatic rings. The van der Waals surface area contributed by atoms with Gasteiger partial charge in [-0.3, -0.25) is 14.2 Å². The van der Waals surface area contributed by atoms with Crippen LogP contribution in [0.5, 0.6) is 0 Å². The van der Waals surface area contributed by atoms with Crippen LogP contribution in [0.25, 0.3) is 15.9 Å². The van der Waals surface area contributed by atoms with Crippen molar-refractivity contribution in [1.29, 1.82) is 0 Å². The summed E-state index contributed by atoms with van der Waals surface area (Å²) in [6, 6.07) is 11.2. The van der Waals surface area contributed by atoms with Gasteiger partial charge in [-0.15, -0.1) is 11.3 Å².